The van der Waals surface area contributed by atoms with Crippen LogP contribution in [0.25, 0.3) is 11.3 Å². The second-order valence-corrected chi connectivity index (χ2v) is 8.35. The van der Waals surface area contributed by atoms with Gasteiger partial charge >= 0.3 is 0 Å². The molecule has 0 aliphatic carbocycles. The average molecular weight is 481 g/mol. The summed E-state index contributed by atoms with van der Waals surface area (Å²) in [5.74, 6) is -0.0192. The van der Waals surface area contributed by atoms with Crippen molar-refractivity contribution >= 4 is 29.1 Å². The number of anilines is 1. The molecule has 1 aliphatic rings. The third kappa shape index (κ3) is 5.46. The topological polar surface area (TPSA) is 93.5 Å². The van der Waals surface area contributed by atoms with Crippen LogP contribution in [-0.2, 0) is 16.1 Å². The van der Waals surface area contributed by atoms with Gasteiger partial charge in [0, 0.05) is 41.9 Å². The highest BCUT2D eigenvalue weighted by Gasteiger charge is 2.34. The highest BCUT2D eigenvalue weighted by Crippen LogP contribution is 2.26. The molecule has 1 unspecified atom stereocenters. The Labute approximate surface area is 202 Å². The number of carbonyl (C=O) groups excluding carboxylic acids is 2. The summed E-state index contributed by atoms with van der Waals surface area (Å²) in [7, 11) is 0. The molecule has 0 spiro atoms. The van der Waals surface area contributed by atoms with Crippen molar-refractivity contribution in [1.82, 2.24) is 15.1 Å². The Morgan fingerprint density at radius 1 is 1.09 bits per heavy atom. The van der Waals surface area contributed by atoms with Crippen LogP contribution in [-0.4, -0.2) is 41.3 Å². The van der Waals surface area contributed by atoms with Crippen LogP contribution < -0.4 is 20.5 Å². The first-order valence-corrected chi connectivity index (χ1v) is 11.5. The van der Waals surface area contributed by atoms with Crippen molar-refractivity contribution in [3.05, 3.63) is 76.0 Å². The molecule has 34 heavy (non-hydrogen) atoms. The predicted molar refractivity (Wildman–Crippen MR) is 130 cm³/mol. The molecule has 1 N–H and O–H groups in total. The highest BCUT2D eigenvalue weighted by molar-refractivity contribution is 6.30. The van der Waals surface area contributed by atoms with Crippen LogP contribution in [0.5, 0.6) is 5.75 Å². The van der Waals surface area contributed by atoms with Crippen LogP contribution in [0.15, 0.2) is 65.5 Å². The monoisotopic (exact) mass is 480 g/mol. The van der Waals surface area contributed by atoms with Gasteiger partial charge in [-0.15, -0.1) is 0 Å². The minimum absolute atomic E-state index is 0.108. The van der Waals surface area contributed by atoms with E-state index in [0.29, 0.717) is 29.6 Å². The molecule has 0 saturated carbocycles. The fourth-order valence-corrected chi connectivity index (χ4v) is 3.96. The third-order valence-electron chi connectivity index (χ3n) is 5.58. The first kappa shape index (κ1) is 23.5. The molecule has 0 radical (unpaired) electrons. The van der Waals surface area contributed by atoms with E-state index in [1.165, 1.54) is 10.7 Å². The Morgan fingerprint density at radius 2 is 1.82 bits per heavy atom. The van der Waals surface area contributed by atoms with Crippen LogP contribution in [0.3, 0.4) is 0 Å². The minimum atomic E-state index is -0.456. The Kier molecular flexibility index (Phi) is 7.27. The molecule has 2 amide bonds. The Balaban J connectivity index is 1.34. The molecule has 2 heterocycles. The van der Waals surface area contributed by atoms with Crippen LogP contribution in [0, 0.1) is 5.92 Å². The number of rotatable bonds is 8. The van der Waals surface area contributed by atoms with Crippen LogP contribution in [0.2, 0.25) is 5.02 Å². The molecule has 1 atom stereocenters. The number of aromatic nitrogens is 2. The largest absolute Gasteiger partial charge is 0.494 e. The standard InChI is InChI=1S/C25H25ClN4O4/c1-2-34-21-9-3-17(4-10-21)22-11-12-23(31)30(28-22)14-13-27-25(33)18-15-24(32)29(16-18)20-7-5-19(26)6-8-20/h3-12,18H,2,13-16H2,1H3,(H,27,33). The SMILES string of the molecule is CCOc1ccc(-c2ccc(=O)n(CCNC(=O)C3CC(=O)N(c4ccc(Cl)cc4)C3)n2)cc1. The summed E-state index contributed by atoms with van der Waals surface area (Å²) in [6.07, 6.45) is 0.139. The highest BCUT2D eigenvalue weighted by atomic mass is 35.5. The van der Waals surface area contributed by atoms with Crippen molar-refractivity contribution in [3.8, 4) is 17.0 Å². The van der Waals surface area contributed by atoms with Crippen molar-refractivity contribution in [2.24, 2.45) is 5.92 Å². The Morgan fingerprint density at radius 3 is 2.53 bits per heavy atom. The summed E-state index contributed by atoms with van der Waals surface area (Å²) in [6, 6.07) is 17.5. The van der Waals surface area contributed by atoms with Crippen molar-refractivity contribution < 1.29 is 14.3 Å². The summed E-state index contributed by atoms with van der Waals surface area (Å²) in [5.41, 5.74) is 1.96. The third-order valence-corrected chi connectivity index (χ3v) is 5.84. The van der Waals surface area contributed by atoms with E-state index in [-0.39, 0.29) is 36.9 Å². The second kappa shape index (κ2) is 10.5. The number of halogens is 1. The summed E-state index contributed by atoms with van der Waals surface area (Å²) in [5, 5.41) is 7.83. The fourth-order valence-electron chi connectivity index (χ4n) is 3.83. The quantitative estimate of drug-likeness (QED) is 0.534. The van der Waals surface area contributed by atoms with Gasteiger partial charge in [-0.2, -0.15) is 5.10 Å². The van der Waals surface area contributed by atoms with Crippen molar-refractivity contribution in [3.63, 3.8) is 0 Å². The zero-order valence-electron chi connectivity index (χ0n) is 18.7. The van der Waals surface area contributed by atoms with E-state index in [0.717, 1.165) is 11.3 Å². The Hall–Kier alpha value is -3.65. The van der Waals surface area contributed by atoms with E-state index >= 15 is 0 Å². The van der Waals surface area contributed by atoms with Gasteiger partial charge in [0.05, 0.1) is 24.8 Å². The second-order valence-electron chi connectivity index (χ2n) is 7.91. The molecule has 1 aliphatic heterocycles. The number of carbonyl (C=O) groups is 2. The zero-order chi connectivity index (χ0) is 24.1. The lowest BCUT2D eigenvalue weighted by Gasteiger charge is -2.17. The molecular formula is C25H25ClN4O4. The number of ether oxygens (including phenoxy) is 1. The molecule has 8 nitrogen and oxygen atoms in total. The summed E-state index contributed by atoms with van der Waals surface area (Å²) < 4.78 is 6.78. The van der Waals surface area contributed by atoms with E-state index in [4.69, 9.17) is 16.3 Å². The molecule has 3 aromatic rings. The van der Waals surface area contributed by atoms with E-state index in [1.54, 1.807) is 35.2 Å². The van der Waals surface area contributed by atoms with Crippen LogP contribution in [0.1, 0.15) is 13.3 Å². The normalized spacial score (nSPS) is 15.4. The maximum atomic E-state index is 12.6. The minimum Gasteiger partial charge on any atom is -0.494 e. The fraction of sp³-hybridized carbons (Fsp3) is 0.280. The molecule has 1 fully saturated rings. The summed E-state index contributed by atoms with van der Waals surface area (Å²) in [4.78, 5) is 38.9. The first-order chi connectivity index (χ1) is 16.4. The number of amides is 2. The van der Waals surface area contributed by atoms with E-state index in [1.807, 2.05) is 31.2 Å². The molecule has 0 bridgehead atoms. The van der Waals surface area contributed by atoms with Gasteiger partial charge in [0.15, 0.2) is 0 Å². The molecule has 4 rings (SSSR count). The van der Waals surface area contributed by atoms with E-state index in [2.05, 4.69) is 10.4 Å². The van der Waals surface area contributed by atoms with Gasteiger partial charge < -0.3 is 15.0 Å². The number of benzene rings is 2. The van der Waals surface area contributed by atoms with Gasteiger partial charge in [0.2, 0.25) is 11.8 Å². The lowest BCUT2D eigenvalue weighted by atomic mass is 10.1. The number of hydrogen-bond acceptors (Lipinski definition) is 5. The first-order valence-electron chi connectivity index (χ1n) is 11.1. The molecule has 1 aromatic heterocycles. The predicted octanol–water partition coefficient (Wildman–Crippen LogP) is 3.13. The lowest BCUT2D eigenvalue weighted by molar-refractivity contribution is -0.126. The van der Waals surface area contributed by atoms with Crippen LogP contribution >= 0.6 is 11.6 Å². The molecule has 176 valence electrons. The summed E-state index contributed by atoms with van der Waals surface area (Å²) >= 11 is 5.91. The molecule has 1 saturated heterocycles. The van der Waals surface area contributed by atoms with Gasteiger partial charge in [-0.05, 0) is 61.5 Å². The number of nitrogens with zero attached hydrogens (tertiary/aromatic N) is 3. The smallest absolute Gasteiger partial charge is 0.266 e. The molecule has 2 aromatic carbocycles. The maximum absolute atomic E-state index is 12.6. The van der Waals surface area contributed by atoms with Crippen molar-refractivity contribution in [2.45, 2.75) is 19.9 Å². The van der Waals surface area contributed by atoms with Crippen molar-refractivity contribution in [1.29, 1.82) is 0 Å². The number of nitrogens with one attached hydrogen (secondary N) is 1. The van der Waals surface area contributed by atoms with Gasteiger partial charge in [-0.25, -0.2) is 4.68 Å². The lowest BCUT2D eigenvalue weighted by Crippen LogP contribution is -2.36. The summed E-state index contributed by atoms with van der Waals surface area (Å²) in [6.45, 7) is 3.26. The number of hydrogen-bond donors (Lipinski definition) is 1. The van der Waals surface area contributed by atoms with Gasteiger partial charge in [0.25, 0.3) is 5.56 Å². The molecular weight excluding hydrogens is 456 g/mol. The van der Waals surface area contributed by atoms with E-state index in [9.17, 15) is 14.4 Å². The Bertz CT molecular complexity index is 1220. The zero-order valence-corrected chi connectivity index (χ0v) is 19.5. The van der Waals surface area contributed by atoms with Crippen LogP contribution in [0.4, 0.5) is 5.69 Å². The molecule has 9 heteroatoms. The van der Waals surface area contributed by atoms with Gasteiger partial charge in [-0.1, -0.05) is 11.6 Å². The van der Waals surface area contributed by atoms with Crippen molar-refractivity contribution in [2.75, 3.05) is 24.6 Å². The maximum Gasteiger partial charge on any atom is 0.266 e. The average Bonchev–Trinajstić information content (AvgIpc) is 3.23. The van der Waals surface area contributed by atoms with Gasteiger partial charge in [-0.3, -0.25) is 14.4 Å². The van der Waals surface area contributed by atoms with Gasteiger partial charge in [0.1, 0.15) is 5.75 Å². The van der Waals surface area contributed by atoms with E-state index < -0.39 is 5.92 Å².